The third-order valence-corrected chi connectivity index (χ3v) is 5.33. The minimum absolute atomic E-state index is 0.0906. The largest absolute Gasteiger partial charge is 0.367 e. The number of nitrogens with two attached hydrogens (primary N) is 1. The third kappa shape index (κ3) is 4.09. The summed E-state index contributed by atoms with van der Waals surface area (Å²) in [6.07, 6.45) is 1.86. The molecule has 2 N–H and O–H groups in total. The van der Waals surface area contributed by atoms with Crippen LogP contribution in [0.5, 0.6) is 0 Å². The first-order valence-electron chi connectivity index (χ1n) is 9.86. The molecule has 1 aliphatic rings. The predicted molar refractivity (Wildman–Crippen MR) is 114 cm³/mol. The molecule has 1 fully saturated rings. The van der Waals surface area contributed by atoms with Crippen LogP contribution in [0.2, 0.25) is 0 Å². The molecule has 1 atom stereocenters. The van der Waals surface area contributed by atoms with Crippen LogP contribution in [0, 0.1) is 0 Å². The van der Waals surface area contributed by atoms with Crippen LogP contribution in [0.1, 0.15) is 16.1 Å². The topological polar surface area (TPSA) is 85.5 Å². The molecular weight excluding hydrogens is 378 g/mol. The van der Waals surface area contributed by atoms with Crippen molar-refractivity contribution in [1.82, 2.24) is 9.88 Å². The number of carbonyl (C=O) groups excluding carboxylic acids is 2. The van der Waals surface area contributed by atoms with Gasteiger partial charge in [0.1, 0.15) is 5.69 Å². The van der Waals surface area contributed by atoms with Gasteiger partial charge < -0.3 is 15.4 Å². The fourth-order valence-corrected chi connectivity index (χ4v) is 3.77. The molecule has 0 saturated carbocycles. The van der Waals surface area contributed by atoms with Gasteiger partial charge in [-0.25, -0.2) is 0 Å². The van der Waals surface area contributed by atoms with Crippen LogP contribution >= 0.6 is 0 Å². The van der Waals surface area contributed by atoms with E-state index >= 15 is 0 Å². The van der Waals surface area contributed by atoms with E-state index in [9.17, 15) is 9.59 Å². The first-order chi connectivity index (χ1) is 14.6. The van der Waals surface area contributed by atoms with Crippen LogP contribution in [0.3, 0.4) is 0 Å². The van der Waals surface area contributed by atoms with E-state index < -0.39 is 11.5 Å². The summed E-state index contributed by atoms with van der Waals surface area (Å²) < 4.78 is 5.90. The SMILES string of the molecule is NC(=O)[C@@]1(Cc2cccc(-c3ccccc3)c2)CN(C(=O)c2ccccn2)CCO1. The minimum atomic E-state index is -1.28. The zero-order valence-electron chi connectivity index (χ0n) is 16.5. The molecule has 152 valence electrons. The summed E-state index contributed by atoms with van der Waals surface area (Å²) >= 11 is 0. The Morgan fingerprint density at radius 3 is 2.50 bits per heavy atom. The zero-order chi connectivity index (χ0) is 21.0. The number of morpholine rings is 1. The molecule has 30 heavy (non-hydrogen) atoms. The molecule has 1 saturated heterocycles. The van der Waals surface area contributed by atoms with Gasteiger partial charge in [-0.05, 0) is 28.8 Å². The molecule has 0 bridgehead atoms. The molecule has 2 amide bonds. The van der Waals surface area contributed by atoms with E-state index in [2.05, 4.69) is 4.98 Å². The molecule has 2 heterocycles. The minimum Gasteiger partial charge on any atom is -0.367 e. The summed E-state index contributed by atoms with van der Waals surface area (Å²) in [7, 11) is 0. The lowest BCUT2D eigenvalue weighted by Gasteiger charge is -2.40. The van der Waals surface area contributed by atoms with Gasteiger partial charge in [0.2, 0.25) is 0 Å². The van der Waals surface area contributed by atoms with Crippen molar-refractivity contribution in [2.24, 2.45) is 5.73 Å². The van der Waals surface area contributed by atoms with Crippen molar-refractivity contribution in [2.75, 3.05) is 19.7 Å². The summed E-state index contributed by atoms with van der Waals surface area (Å²) in [5.74, 6) is -0.811. The third-order valence-electron chi connectivity index (χ3n) is 5.33. The second kappa shape index (κ2) is 8.47. The lowest BCUT2D eigenvalue weighted by Crippen LogP contribution is -2.61. The standard InChI is InChI=1S/C24H23N3O3/c25-23(29)24(16-18-7-6-10-20(15-18)19-8-2-1-3-9-19)17-27(13-14-30-24)22(28)21-11-4-5-12-26-21/h1-12,15H,13-14,16-17H2,(H2,25,29)/t24-/m1/s1. The van der Waals surface area contributed by atoms with E-state index in [4.69, 9.17) is 10.5 Å². The van der Waals surface area contributed by atoms with E-state index in [-0.39, 0.29) is 25.5 Å². The second-order valence-corrected chi connectivity index (χ2v) is 7.39. The van der Waals surface area contributed by atoms with Gasteiger partial charge in [0.25, 0.3) is 11.8 Å². The maximum atomic E-state index is 12.9. The van der Waals surface area contributed by atoms with Crippen LogP contribution in [0.4, 0.5) is 0 Å². The molecule has 0 unspecified atom stereocenters. The number of aromatic nitrogens is 1. The predicted octanol–water partition coefficient (Wildman–Crippen LogP) is 2.69. The lowest BCUT2D eigenvalue weighted by molar-refractivity contribution is -0.153. The quantitative estimate of drug-likeness (QED) is 0.712. The van der Waals surface area contributed by atoms with Crippen molar-refractivity contribution in [3.8, 4) is 11.1 Å². The van der Waals surface area contributed by atoms with Gasteiger partial charge in [-0.1, -0.05) is 60.7 Å². The summed E-state index contributed by atoms with van der Waals surface area (Å²) in [5.41, 5.74) is 7.89. The number of ether oxygens (including phenoxy) is 1. The molecular formula is C24H23N3O3. The van der Waals surface area contributed by atoms with Crippen molar-refractivity contribution in [3.63, 3.8) is 0 Å². The average Bonchev–Trinajstić information content (AvgIpc) is 2.80. The van der Waals surface area contributed by atoms with Gasteiger partial charge in [0.15, 0.2) is 5.60 Å². The van der Waals surface area contributed by atoms with Crippen molar-refractivity contribution in [3.05, 3.63) is 90.3 Å². The van der Waals surface area contributed by atoms with Crippen molar-refractivity contribution < 1.29 is 14.3 Å². The van der Waals surface area contributed by atoms with Gasteiger partial charge in [-0.3, -0.25) is 14.6 Å². The smallest absolute Gasteiger partial charge is 0.272 e. The van der Waals surface area contributed by atoms with E-state index in [1.807, 2.05) is 54.6 Å². The van der Waals surface area contributed by atoms with E-state index in [0.717, 1.165) is 16.7 Å². The summed E-state index contributed by atoms with van der Waals surface area (Å²) in [6, 6.07) is 23.1. The Kier molecular flexibility index (Phi) is 5.59. The summed E-state index contributed by atoms with van der Waals surface area (Å²) in [4.78, 5) is 31.1. The molecule has 4 rings (SSSR count). The number of primary amides is 1. The number of rotatable bonds is 5. The number of hydrogen-bond acceptors (Lipinski definition) is 4. The highest BCUT2D eigenvalue weighted by Crippen LogP contribution is 2.27. The monoisotopic (exact) mass is 401 g/mol. The van der Waals surface area contributed by atoms with Gasteiger partial charge >= 0.3 is 0 Å². The fraction of sp³-hybridized carbons (Fsp3) is 0.208. The Morgan fingerprint density at radius 1 is 1.00 bits per heavy atom. The van der Waals surface area contributed by atoms with Crippen LogP contribution in [-0.2, 0) is 16.0 Å². The van der Waals surface area contributed by atoms with Gasteiger partial charge in [0, 0.05) is 19.2 Å². The van der Waals surface area contributed by atoms with Crippen molar-refractivity contribution in [1.29, 1.82) is 0 Å². The van der Waals surface area contributed by atoms with Gasteiger partial charge in [-0.2, -0.15) is 0 Å². The molecule has 0 radical (unpaired) electrons. The Bertz CT molecular complexity index is 1040. The number of pyridine rings is 1. The molecule has 2 aromatic carbocycles. The van der Waals surface area contributed by atoms with Crippen LogP contribution in [0.25, 0.3) is 11.1 Å². The van der Waals surface area contributed by atoms with E-state index in [1.165, 1.54) is 0 Å². The number of nitrogens with zero attached hydrogens (tertiary/aromatic N) is 2. The van der Waals surface area contributed by atoms with Gasteiger partial charge in [0.05, 0.1) is 13.2 Å². The molecule has 3 aromatic rings. The van der Waals surface area contributed by atoms with Crippen LogP contribution in [0.15, 0.2) is 79.0 Å². The maximum absolute atomic E-state index is 12.9. The Labute approximate surface area is 175 Å². The summed E-state index contributed by atoms with van der Waals surface area (Å²) in [5, 5.41) is 0. The first-order valence-corrected chi connectivity index (χ1v) is 9.86. The Morgan fingerprint density at radius 2 is 1.77 bits per heavy atom. The number of carbonyl (C=O) groups is 2. The number of benzene rings is 2. The second-order valence-electron chi connectivity index (χ2n) is 7.39. The van der Waals surface area contributed by atoms with Crippen LogP contribution in [-0.4, -0.2) is 47.0 Å². The highest BCUT2D eigenvalue weighted by molar-refractivity contribution is 5.93. The highest BCUT2D eigenvalue weighted by atomic mass is 16.5. The van der Waals surface area contributed by atoms with Gasteiger partial charge in [-0.15, -0.1) is 0 Å². The molecule has 6 nitrogen and oxygen atoms in total. The van der Waals surface area contributed by atoms with E-state index in [0.29, 0.717) is 12.2 Å². The molecule has 0 spiro atoms. The van der Waals surface area contributed by atoms with E-state index in [1.54, 1.807) is 29.3 Å². The normalized spacial score (nSPS) is 18.7. The molecule has 1 aromatic heterocycles. The first kappa shape index (κ1) is 19.8. The number of hydrogen-bond donors (Lipinski definition) is 1. The lowest BCUT2D eigenvalue weighted by atomic mass is 9.90. The Balaban J connectivity index is 1.59. The zero-order valence-corrected chi connectivity index (χ0v) is 16.5. The number of amides is 2. The molecule has 0 aliphatic carbocycles. The Hall–Kier alpha value is -3.51. The van der Waals surface area contributed by atoms with Crippen molar-refractivity contribution >= 4 is 11.8 Å². The molecule has 6 heteroatoms. The average molecular weight is 401 g/mol. The maximum Gasteiger partial charge on any atom is 0.272 e. The molecule has 1 aliphatic heterocycles. The van der Waals surface area contributed by atoms with Crippen molar-refractivity contribution in [2.45, 2.75) is 12.0 Å². The summed E-state index contributed by atoms with van der Waals surface area (Å²) in [6.45, 7) is 0.710. The fourth-order valence-electron chi connectivity index (χ4n) is 3.77. The van der Waals surface area contributed by atoms with Crippen LogP contribution < -0.4 is 5.73 Å². The highest BCUT2D eigenvalue weighted by Gasteiger charge is 2.44.